The summed E-state index contributed by atoms with van der Waals surface area (Å²) in [4.78, 5) is 5.67. The fourth-order valence-corrected chi connectivity index (χ4v) is 14.7. The van der Waals surface area contributed by atoms with Crippen LogP contribution in [0.2, 0.25) is 0 Å². The molecule has 0 heterocycles. The van der Waals surface area contributed by atoms with Crippen LogP contribution in [0.5, 0.6) is 11.5 Å². The molecule has 0 saturated heterocycles. The van der Waals surface area contributed by atoms with E-state index in [0.717, 1.165) is 78.9 Å². The summed E-state index contributed by atoms with van der Waals surface area (Å²) in [6, 6.07) is 15.1. The van der Waals surface area contributed by atoms with Crippen molar-refractivity contribution in [3.63, 3.8) is 0 Å². The van der Waals surface area contributed by atoms with E-state index >= 15 is 0 Å². The largest absolute Gasteiger partial charge is 1.00 e. The van der Waals surface area contributed by atoms with Crippen molar-refractivity contribution >= 4 is 181 Å². The van der Waals surface area contributed by atoms with Gasteiger partial charge in [0.25, 0.3) is 5.91 Å². The number of nitrogen functional groups attached to an aromatic ring is 2. The topological polar surface area (TPSA) is 708 Å². The average molecular weight is 1710 g/mol. The number of rotatable bonds is 25. The number of sulfone groups is 2. The molecule has 0 fully saturated rings. The second-order valence-electron chi connectivity index (χ2n) is 19.5. The number of carbonyl (C=O) groups excluding carboxylic acids is 1. The molecule has 8 aromatic carbocycles. The summed E-state index contributed by atoms with van der Waals surface area (Å²) in [5.41, 5.74) is 2.74. The summed E-state index contributed by atoms with van der Waals surface area (Å²) in [6.07, 6.45) is 0. The maximum atomic E-state index is 14.2. The van der Waals surface area contributed by atoms with E-state index in [1.807, 2.05) is 0 Å². The van der Waals surface area contributed by atoms with Crippen LogP contribution in [0.3, 0.4) is 0 Å². The number of nitrogens with one attached hydrogen (secondary N) is 1. The number of hydrogen-bond acceptors (Lipinski definition) is 38. The normalized spacial score (nSPS) is 12.5. The van der Waals surface area contributed by atoms with Gasteiger partial charge in [0.15, 0.2) is 19.7 Å². The number of anilines is 3. The molecule has 8 rings (SSSR count). The third-order valence-electron chi connectivity index (χ3n) is 12.9. The van der Waals surface area contributed by atoms with Crippen molar-refractivity contribution in [2.24, 2.45) is 40.9 Å². The van der Waals surface area contributed by atoms with E-state index in [1.165, 1.54) is 0 Å². The third kappa shape index (κ3) is 26.0. The van der Waals surface area contributed by atoms with Crippen LogP contribution in [0.1, 0.15) is 10.4 Å². The average Bonchev–Trinajstić information content (AvgIpc) is 0.745. The number of nitrogens with zero attached hydrogens (tertiary/aromatic N) is 8. The maximum Gasteiger partial charge on any atom is 1.00 e. The van der Waals surface area contributed by atoms with Crippen LogP contribution >= 0.6 is 0 Å². The molecular weight excluding hydrogens is 1670 g/mol. The monoisotopic (exact) mass is 1700 g/mol. The number of azo groups is 4. The van der Waals surface area contributed by atoms with Gasteiger partial charge in [0, 0.05) is 22.0 Å². The molecule has 0 aromatic heterocycles. The number of amides is 1. The van der Waals surface area contributed by atoms with Crippen molar-refractivity contribution < 1.29 is 338 Å². The molecule has 0 aliphatic carbocycles. The van der Waals surface area contributed by atoms with E-state index in [0.29, 0.717) is 36.4 Å². The van der Waals surface area contributed by atoms with E-state index in [2.05, 4.69) is 54.6 Å². The van der Waals surface area contributed by atoms with Gasteiger partial charge >= 0.3 is 228 Å². The second kappa shape index (κ2) is 39.5. The van der Waals surface area contributed by atoms with Gasteiger partial charge in [-0.15, -0.1) is 25.6 Å². The Kier molecular flexibility index (Phi) is 37.9. The summed E-state index contributed by atoms with van der Waals surface area (Å²) in [5, 5.41) is 56.1. The minimum atomic E-state index is -5.92. The fraction of sp³-hybridized carbons (Fsp3) is 0.0816. The maximum absolute atomic E-state index is 14.2. The SMILES string of the molecule is Nc1c(N=Nc2ccc(S(=O)(=O)CCOS(=O)(=O)O)cc2)c(S(=O)(=O)[O-])cc2cc(S(=O)(=O)[O-])c(N=Nc3ccc(C(=O)Nc4ccc(S(=O)(=O)[O-])c(N=Nc5c(S(=O)(=O)[O-])cc6cc(S(=O)(=O)[O-])c(N=Nc7ccc(S(=O)(=O)CCOS(=O)(=O)O)cc7)c(N)c6c5[O-])c4)cc3)c([O-])c12.[Na+].[Na+].[Na+].[Na+].[Na+].[Na+].[Na+]. The number of nitrogens with two attached hydrogens (primary N) is 2. The molecule has 0 aliphatic heterocycles. The quantitative estimate of drug-likeness (QED) is 0.0153. The van der Waals surface area contributed by atoms with E-state index in [4.69, 9.17) is 20.6 Å². The van der Waals surface area contributed by atoms with E-state index in [1.54, 1.807) is 0 Å². The summed E-state index contributed by atoms with van der Waals surface area (Å²) in [7, 11) is -47.2. The molecule has 0 saturated carbocycles. The van der Waals surface area contributed by atoms with Gasteiger partial charge in [-0.2, -0.15) is 32.2 Å². The van der Waals surface area contributed by atoms with Gasteiger partial charge in [-0.3, -0.25) is 13.9 Å². The molecule has 0 bridgehead atoms. The van der Waals surface area contributed by atoms with Crippen LogP contribution in [0.25, 0.3) is 21.5 Å². The summed E-state index contributed by atoms with van der Waals surface area (Å²) in [6.45, 7) is -1.98. The molecular formula is C49H34N11Na7O30S9. The van der Waals surface area contributed by atoms with Gasteiger partial charge in [-0.25, -0.2) is 67.3 Å². The Morgan fingerprint density at radius 1 is 0.387 bits per heavy atom. The van der Waals surface area contributed by atoms with Crippen LogP contribution in [0.4, 0.5) is 62.6 Å². The zero-order valence-corrected chi connectivity index (χ0v) is 76.4. The molecule has 106 heavy (non-hydrogen) atoms. The van der Waals surface area contributed by atoms with Gasteiger partial charge in [-0.1, -0.05) is 11.5 Å². The number of hydrogen-bond donors (Lipinski definition) is 5. The van der Waals surface area contributed by atoms with E-state index < -0.39 is 235 Å². The Morgan fingerprint density at radius 3 is 0.991 bits per heavy atom. The number of benzene rings is 8. The van der Waals surface area contributed by atoms with Crippen molar-refractivity contribution in [3.8, 4) is 11.5 Å². The van der Waals surface area contributed by atoms with Gasteiger partial charge in [0.05, 0.1) is 98.8 Å². The summed E-state index contributed by atoms with van der Waals surface area (Å²) < 4.78 is 307. The first kappa shape index (κ1) is 102. The van der Waals surface area contributed by atoms with Crippen molar-refractivity contribution in [3.05, 3.63) is 121 Å². The third-order valence-corrected chi connectivity index (χ3v) is 21.5. The minimum Gasteiger partial charge on any atom is -0.870 e. The Hall–Kier alpha value is -2.46. The van der Waals surface area contributed by atoms with E-state index in [9.17, 15) is 114 Å². The van der Waals surface area contributed by atoms with E-state index in [-0.39, 0.29) is 230 Å². The first-order valence-electron chi connectivity index (χ1n) is 25.7. The molecule has 0 unspecified atom stereocenters. The molecule has 7 N–H and O–H groups in total. The van der Waals surface area contributed by atoms with Crippen LogP contribution in [0.15, 0.2) is 190 Å². The molecule has 0 atom stereocenters. The van der Waals surface area contributed by atoms with Crippen LogP contribution in [-0.2, 0) is 99.4 Å². The van der Waals surface area contributed by atoms with Crippen LogP contribution in [0, 0.1) is 0 Å². The Labute approximate surface area is 756 Å². The predicted octanol–water partition coefficient (Wildman–Crippen LogP) is -17.0. The number of carbonyl (C=O) groups is 1. The smallest absolute Gasteiger partial charge is 0.870 e. The molecule has 0 spiro atoms. The Balaban J connectivity index is 0.00000803. The van der Waals surface area contributed by atoms with Gasteiger partial charge in [-0.05, 0) is 126 Å². The molecule has 1 amide bonds. The van der Waals surface area contributed by atoms with Crippen molar-refractivity contribution in [2.75, 3.05) is 41.5 Å². The van der Waals surface area contributed by atoms with Gasteiger partial charge in [0.2, 0.25) is 0 Å². The Bertz CT molecular complexity index is 5970. The molecule has 57 heteroatoms. The zero-order valence-electron chi connectivity index (χ0n) is 55.0. The minimum absolute atomic E-state index is 0. The first-order chi connectivity index (χ1) is 45.5. The fourth-order valence-electron chi connectivity index (χ4n) is 8.52. The summed E-state index contributed by atoms with van der Waals surface area (Å²) in [5.74, 6) is -6.21. The van der Waals surface area contributed by atoms with Gasteiger partial charge in [0.1, 0.15) is 67.7 Å². The molecule has 0 aliphatic rings. The van der Waals surface area contributed by atoms with Gasteiger partial charge < -0.3 is 49.8 Å². The standard InChI is InChI=1S/C49H41N11O30S9.7Na/c50-41-39-25(19-35(94(71,72)73)43(41)57-53-28-5-10-31(11-6-28)91(64,65)17-15-89-98(83,84)85)21-37(96(77,78)79)45(47(39)61)59-55-27-3-1-24(2-4-27)49(63)52-30-9-14-34(93(68,69)70)33(23-30)56-60-46-38(97(80,81)82)22-26-20-36(95(74,75)76)44(42(51)40(26)48(46)62)58-54-29-7-12-32(13-8-29)92(66,67)18-16-90-99(86,87)88;;;;;;;/h1-14,19-23,61-62H,15-18,50-51H2,(H,52,63)(H,68,69,70)(H,71,72,73)(H,74,75,76)(H,77,78,79)(H,80,81,82)(H,83,84,85)(H,86,87,88);;;;;;;/q;7*+1/p-7. The Morgan fingerprint density at radius 2 is 0.679 bits per heavy atom. The number of fused-ring (bicyclic) bond motifs is 2. The zero-order chi connectivity index (χ0) is 73.6. The molecule has 526 valence electrons. The molecule has 41 nitrogen and oxygen atoms in total. The van der Waals surface area contributed by atoms with Crippen molar-refractivity contribution in [1.29, 1.82) is 0 Å². The molecule has 8 aromatic rings. The van der Waals surface area contributed by atoms with Crippen molar-refractivity contribution in [1.82, 2.24) is 0 Å². The van der Waals surface area contributed by atoms with Crippen LogP contribution < -0.4 is 234 Å². The summed E-state index contributed by atoms with van der Waals surface area (Å²) >= 11 is 0. The van der Waals surface area contributed by atoms with Crippen LogP contribution in [-0.4, -0.2) is 138 Å². The first-order valence-corrected chi connectivity index (χ1v) is 38.7. The second-order valence-corrected chi connectivity index (χ2v) is 32.6. The molecule has 0 radical (unpaired) electrons. The predicted molar refractivity (Wildman–Crippen MR) is 325 cm³/mol. The van der Waals surface area contributed by atoms with Crippen molar-refractivity contribution in [2.45, 2.75) is 34.3 Å².